The number of carbonyl (C=O) groups excluding carboxylic acids is 1. The first-order valence-electron chi connectivity index (χ1n) is 11.0. The zero-order valence-corrected chi connectivity index (χ0v) is 19.7. The second-order valence-corrected chi connectivity index (χ2v) is 10.0. The van der Waals surface area contributed by atoms with Gasteiger partial charge in [0.05, 0.1) is 4.90 Å². The zero-order valence-electron chi connectivity index (χ0n) is 18.8. The van der Waals surface area contributed by atoms with Crippen molar-refractivity contribution in [3.05, 3.63) is 65.2 Å². The number of rotatable bonds is 8. The molecule has 1 aliphatic heterocycles. The fraction of sp³-hybridized carbons (Fsp3) is 0.458. The van der Waals surface area contributed by atoms with E-state index in [9.17, 15) is 13.2 Å². The van der Waals surface area contributed by atoms with E-state index in [-0.39, 0.29) is 22.9 Å². The Morgan fingerprint density at radius 3 is 2.48 bits per heavy atom. The van der Waals surface area contributed by atoms with Gasteiger partial charge in [-0.1, -0.05) is 50.2 Å². The standard InChI is InChI=1S/C24H33N3O3S/c1-5-27(6-2)31(29,30)22-13-12-18(3)23(16-22)24(28)25-21-14-15-26(17-21)19(4)20-10-8-7-9-11-20/h7-13,16,19,21H,5-6,14-15,17H2,1-4H3,(H,25,28). The molecule has 31 heavy (non-hydrogen) atoms. The number of carbonyl (C=O) groups is 1. The molecule has 2 atom stereocenters. The van der Waals surface area contributed by atoms with Gasteiger partial charge >= 0.3 is 0 Å². The first kappa shape index (κ1) is 23.4. The average molecular weight is 444 g/mol. The Morgan fingerprint density at radius 2 is 1.84 bits per heavy atom. The highest BCUT2D eigenvalue weighted by molar-refractivity contribution is 7.89. The Balaban J connectivity index is 1.71. The number of amides is 1. The molecule has 1 N–H and O–H groups in total. The van der Waals surface area contributed by atoms with Crippen LogP contribution in [0.1, 0.15) is 54.7 Å². The van der Waals surface area contributed by atoms with Crippen molar-refractivity contribution in [3.63, 3.8) is 0 Å². The maximum atomic E-state index is 13.0. The molecule has 0 aromatic heterocycles. The zero-order chi connectivity index (χ0) is 22.6. The normalized spacial score (nSPS) is 18.3. The second-order valence-electron chi connectivity index (χ2n) is 8.11. The molecule has 0 radical (unpaired) electrons. The van der Waals surface area contributed by atoms with E-state index in [0.29, 0.717) is 18.7 Å². The average Bonchev–Trinajstić information content (AvgIpc) is 3.23. The molecule has 7 heteroatoms. The molecule has 2 aromatic carbocycles. The minimum atomic E-state index is -3.61. The highest BCUT2D eigenvalue weighted by Gasteiger charge is 2.29. The lowest BCUT2D eigenvalue weighted by molar-refractivity contribution is 0.0935. The van der Waals surface area contributed by atoms with Crippen molar-refractivity contribution in [2.45, 2.75) is 51.1 Å². The predicted molar refractivity (Wildman–Crippen MR) is 124 cm³/mol. The Bertz CT molecular complexity index is 1000. The number of nitrogens with zero attached hydrogens (tertiary/aromatic N) is 2. The maximum absolute atomic E-state index is 13.0. The molecular weight excluding hydrogens is 410 g/mol. The summed E-state index contributed by atoms with van der Waals surface area (Å²) in [7, 11) is -3.61. The predicted octanol–water partition coefficient (Wildman–Crippen LogP) is 3.59. The van der Waals surface area contributed by atoms with E-state index in [1.807, 2.05) is 39.0 Å². The lowest BCUT2D eigenvalue weighted by Crippen LogP contribution is -2.38. The van der Waals surface area contributed by atoms with Gasteiger partial charge in [-0.15, -0.1) is 0 Å². The third-order valence-electron chi connectivity index (χ3n) is 6.18. The second kappa shape index (κ2) is 9.94. The number of hydrogen-bond donors (Lipinski definition) is 1. The van der Waals surface area contributed by atoms with Crippen molar-refractivity contribution in [2.75, 3.05) is 26.2 Å². The Morgan fingerprint density at radius 1 is 1.16 bits per heavy atom. The van der Waals surface area contributed by atoms with Crippen molar-refractivity contribution < 1.29 is 13.2 Å². The van der Waals surface area contributed by atoms with Crippen molar-refractivity contribution in [1.82, 2.24) is 14.5 Å². The fourth-order valence-electron chi connectivity index (χ4n) is 4.18. The van der Waals surface area contributed by atoms with Crippen LogP contribution >= 0.6 is 0 Å². The number of sulfonamides is 1. The van der Waals surface area contributed by atoms with Gasteiger partial charge in [-0.25, -0.2) is 8.42 Å². The van der Waals surface area contributed by atoms with Gasteiger partial charge in [0, 0.05) is 43.8 Å². The van der Waals surface area contributed by atoms with E-state index in [0.717, 1.165) is 25.1 Å². The maximum Gasteiger partial charge on any atom is 0.251 e. The van der Waals surface area contributed by atoms with Gasteiger partial charge in [-0.3, -0.25) is 9.69 Å². The quantitative estimate of drug-likeness (QED) is 0.677. The Hall–Kier alpha value is -2.22. The molecule has 0 aliphatic carbocycles. The molecule has 1 amide bonds. The van der Waals surface area contributed by atoms with E-state index in [4.69, 9.17) is 0 Å². The molecule has 0 spiro atoms. The van der Waals surface area contributed by atoms with E-state index in [2.05, 4.69) is 29.3 Å². The molecule has 1 heterocycles. The Kier molecular flexibility index (Phi) is 7.51. The van der Waals surface area contributed by atoms with Crippen LogP contribution in [0.15, 0.2) is 53.4 Å². The van der Waals surface area contributed by atoms with Crippen LogP contribution in [0.3, 0.4) is 0 Å². The summed E-state index contributed by atoms with van der Waals surface area (Å²) in [5.41, 5.74) is 2.45. The first-order valence-corrected chi connectivity index (χ1v) is 12.4. The van der Waals surface area contributed by atoms with E-state index in [1.54, 1.807) is 12.1 Å². The highest BCUT2D eigenvalue weighted by atomic mass is 32.2. The van der Waals surface area contributed by atoms with Crippen LogP contribution < -0.4 is 5.32 Å². The minimum Gasteiger partial charge on any atom is -0.348 e. The molecule has 3 rings (SSSR count). The van der Waals surface area contributed by atoms with E-state index >= 15 is 0 Å². The number of nitrogens with one attached hydrogen (secondary N) is 1. The fourth-order valence-corrected chi connectivity index (χ4v) is 5.67. The third-order valence-corrected chi connectivity index (χ3v) is 8.23. The largest absolute Gasteiger partial charge is 0.348 e. The summed E-state index contributed by atoms with van der Waals surface area (Å²) >= 11 is 0. The van der Waals surface area contributed by atoms with Crippen molar-refractivity contribution in [2.24, 2.45) is 0 Å². The van der Waals surface area contributed by atoms with E-state index < -0.39 is 10.0 Å². The summed E-state index contributed by atoms with van der Waals surface area (Å²) in [4.78, 5) is 15.6. The smallest absolute Gasteiger partial charge is 0.251 e. The minimum absolute atomic E-state index is 0.0427. The van der Waals surface area contributed by atoms with Gasteiger partial charge in [0.15, 0.2) is 0 Å². The number of benzene rings is 2. The number of hydrogen-bond acceptors (Lipinski definition) is 4. The molecule has 0 bridgehead atoms. The molecular formula is C24H33N3O3S. The summed E-state index contributed by atoms with van der Waals surface area (Å²) in [5.74, 6) is -0.215. The summed E-state index contributed by atoms with van der Waals surface area (Å²) in [6.07, 6.45) is 0.874. The third kappa shape index (κ3) is 5.17. The molecule has 1 saturated heterocycles. The number of likely N-dealkylation sites (tertiary alicyclic amines) is 1. The molecule has 1 aliphatic rings. The van der Waals surface area contributed by atoms with Crippen LogP contribution in [-0.2, 0) is 10.0 Å². The molecule has 0 saturated carbocycles. The van der Waals surface area contributed by atoms with Gasteiger partial charge < -0.3 is 5.32 Å². The van der Waals surface area contributed by atoms with Gasteiger partial charge in [-0.05, 0) is 43.5 Å². The van der Waals surface area contributed by atoms with Crippen LogP contribution in [0.5, 0.6) is 0 Å². The van der Waals surface area contributed by atoms with Crippen molar-refractivity contribution >= 4 is 15.9 Å². The summed E-state index contributed by atoms with van der Waals surface area (Å²) < 4.78 is 27.1. The topological polar surface area (TPSA) is 69.7 Å². The van der Waals surface area contributed by atoms with Crippen LogP contribution in [0.2, 0.25) is 0 Å². The monoisotopic (exact) mass is 443 g/mol. The van der Waals surface area contributed by atoms with Crippen LogP contribution in [-0.4, -0.2) is 55.8 Å². The first-order chi connectivity index (χ1) is 14.8. The van der Waals surface area contributed by atoms with Crippen molar-refractivity contribution in [1.29, 1.82) is 0 Å². The van der Waals surface area contributed by atoms with Crippen LogP contribution in [0.25, 0.3) is 0 Å². The van der Waals surface area contributed by atoms with Gasteiger partial charge in [0.2, 0.25) is 10.0 Å². The van der Waals surface area contributed by atoms with E-state index in [1.165, 1.54) is 15.9 Å². The lowest BCUT2D eigenvalue weighted by atomic mass is 10.1. The highest BCUT2D eigenvalue weighted by Crippen LogP contribution is 2.25. The number of aryl methyl sites for hydroxylation is 1. The Labute approximate surface area is 186 Å². The van der Waals surface area contributed by atoms with Gasteiger partial charge in [0.25, 0.3) is 5.91 Å². The van der Waals surface area contributed by atoms with Gasteiger partial charge in [0.1, 0.15) is 0 Å². The van der Waals surface area contributed by atoms with Gasteiger partial charge in [-0.2, -0.15) is 4.31 Å². The molecule has 2 unspecified atom stereocenters. The van der Waals surface area contributed by atoms with Crippen molar-refractivity contribution in [3.8, 4) is 0 Å². The molecule has 6 nitrogen and oxygen atoms in total. The molecule has 2 aromatic rings. The summed E-state index contributed by atoms with van der Waals surface area (Å²) in [5, 5.41) is 3.12. The summed E-state index contributed by atoms with van der Waals surface area (Å²) in [6, 6.07) is 15.5. The van der Waals surface area contributed by atoms with Crippen LogP contribution in [0, 0.1) is 6.92 Å². The summed E-state index contributed by atoms with van der Waals surface area (Å²) in [6.45, 7) is 10.1. The molecule has 168 valence electrons. The SMILES string of the molecule is CCN(CC)S(=O)(=O)c1ccc(C)c(C(=O)NC2CCN(C(C)c3ccccc3)C2)c1. The van der Waals surface area contributed by atoms with Crippen LogP contribution in [0.4, 0.5) is 0 Å². The molecule has 1 fully saturated rings. The lowest BCUT2D eigenvalue weighted by Gasteiger charge is -2.25.